The molecule has 0 aliphatic carbocycles. The molecule has 2 aromatic carbocycles. The number of nitrogens with zero attached hydrogens (tertiary/aromatic N) is 1. The maximum Gasteiger partial charge on any atom is 0.276 e. The van der Waals surface area contributed by atoms with E-state index in [1.807, 2.05) is 32.9 Å². The number of ether oxygens (including phenoxy) is 2. The van der Waals surface area contributed by atoms with Gasteiger partial charge in [0.25, 0.3) is 11.8 Å². The number of hydrogen-bond acceptors (Lipinski definition) is 5. The minimum atomic E-state index is -0.573. The van der Waals surface area contributed by atoms with Crippen molar-refractivity contribution in [3.8, 4) is 17.6 Å². The average molecular weight is 416 g/mol. The number of amides is 2. The summed E-state index contributed by atoms with van der Waals surface area (Å²) < 4.78 is 10.9. The third kappa shape index (κ3) is 6.40. The molecule has 2 N–H and O–H groups in total. The second-order valence-electron chi connectivity index (χ2n) is 6.58. The fourth-order valence-corrected chi connectivity index (χ4v) is 2.60. The van der Waals surface area contributed by atoms with E-state index in [1.165, 1.54) is 0 Å². The first kappa shape index (κ1) is 22.1. The van der Waals surface area contributed by atoms with E-state index >= 15 is 0 Å². The predicted molar refractivity (Wildman–Crippen MR) is 109 cm³/mol. The lowest BCUT2D eigenvalue weighted by atomic mass is 10.0. The molecule has 2 amide bonds. The highest BCUT2D eigenvalue weighted by Gasteiger charge is 2.13. The van der Waals surface area contributed by atoms with Crippen LogP contribution in [0.3, 0.4) is 0 Å². The van der Waals surface area contributed by atoms with Crippen molar-refractivity contribution in [2.24, 2.45) is 0 Å². The average Bonchev–Trinajstić information content (AvgIpc) is 2.71. The van der Waals surface area contributed by atoms with Gasteiger partial charge < -0.3 is 9.47 Å². The molecule has 0 unspecified atom stereocenters. The zero-order valence-corrected chi connectivity index (χ0v) is 17.2. The van der Waals surface area contributed by atoms with Crippen LogP contribution >= 0.6 is 11.6 Å². The highest BCUT2D eigenvalue weighted by atomic mass is 35.5. The Morgan fingerprint density at radius 2 is 1.66 bits per heavy atom. The molecule has 0 aromatic heterocycles. The summed E-state index contributed by atoms with van der Waals surface area (Å²) in [5.74, 6) is -0.0763. The third-order valence-electron chi connectivity index (χ3n) is 3.98. The second kappa shape index (κ2) is 10.3. The van der Waals surface area contributed by atoms with Crippen LogP contribution in [0, 0.1) is 18.3 Å². The third-order valence-corrected chi connectivity index (χ3v) is 4.39. The number of para-hydroxylation sites is 1. The van der Waals surface area contributed by atoms with Gasteiger partial charge in [-0.05, 0) is 48.2 Å². The van der Waals surface area contributed by atoms with E-state index in [0.29, 0.717) is 22.1 Å². The zero-order valence-electron chi connectivity index (χ0n) is 16.4. The summed E-state index contributed by atoms with van der Waals surface area (Å²) in [7, 11) is 0. The van der Waals surface area contributed by atoms with Crippen molar-refractivity contribution in [3.63, 3.8) is 0 Å². The maximum atomic E-state index is 12.0. The van der Waals surface area contributed by atoms with Gasteiger partial charge in [-0.2, -0.15) is 5.26 Å². The Kier molecular flexibility index (Phi) is 7.87. The van der Waals surface area contributed by atoms with Gasteiger partial charge >= 0.3 is 0 Å². The van der Waals surface area contributed by atoms with Crippen molar-refractivity contribution >= 4 is 23.4 Å². The molecular weight excluding hydrogens is 394 g/mol. The molecule has 0 spiro atoms. The zero-order chi connectivity index (χ0) is 21.4. The molecule has 0 saturated carbocycles. The minimum Gasteiger partial charge on any atom is -0.483 e. The van der Waals surface area contributed by atoms with E-state index in [1.54, 1.807) is 30.3 Å². The Morgan fingerprint density at radius 1 is 1.07 bits per heavy atom. The molecule has 0 atom stereocenters. The quantitative estimate of drug-likeness (QED) is 0.676. The molecule has 2 rings (SSSR count). The lowest BCUT2D eigenvalue weighted by Gasteiger charge is -2.16. The van der Waals surface area contributed by atoms with E-state index in [4.69, 9.17) is 26.3 Å². The number of benzene rings is 2. The van der Waals surface area contributed by atoms with Crippen molar-refractivity contribution in [1.82, 2.24) is 10.9 Å². The van der Waals surface area contributed by atoms with Crippen LogP contribution in [0.4, 0.5) is 0 Å². The van der Waals surface area contributed by atoms with Gasteiger partial charge in [-0.3, -0.25) is 20.4 Å². The van der Waals surface area contributed by atoms with Gasteiger partial charge in [0.05, 0.1) is 5.56 Å². The van der Waals surface area contributed by atoms with Crippen molar-refractivity contribution in [2.45, 2.75) is 26.7 Å². The first-order chi connectivity index (χ1) is 13.8. The van der Waals surface area contributed by atoms with E-state index in [2.05, 4.69) is 10.9 Å². The summed E-state index contributed by atoms with van der Waals surface area (Å²) in [6.45, 7) is 5.22. The summed E-state index contributed by atoms with van der Waals surface area (Å²) in [5.41, 5.74) is 6.54. The van der Waals surface area contributed by atoms with E-state index < -0.39 is 11.8 Å². The Hall–Kier alpha value is -3.24. The van der Waals surface area contributed by atoms with Crippen molar-refractivity contribution < 1.29 is 19.1 Å². The minimum absolute atomic E-state index is 0.166. The van der Waals surface area contributed by atoms with Gasteiger partial charge in [-0.1, -0.05) is 37.6 Å². The van der Waals surface area contributed by atoms with Crippen LogP contribution in [0.1, 0.15) is 36.5 Å². The van der Waals surface area contributed by atoms with Gasteiger partial charge in [0.1, 0.15) is 17.6 Å². The van der Waals surface area contributed by atoms with E-state index in [9.17, 15) is 9.59 Å². The number of halogens is 1. The van der Waals surface area contributed by atoms with Crippen LogP contribution in [-0.4, -0.2) is 25.0 Å². The Bertz CT molecular complexity index is 938. The number of nitrogens with one attached hydrogen (secondary N) is 2. The number of aryl methyl sites for hydroxylation is 1. The van der Waals surface area contributed by atoms with Crippen molar-refractivity contribution in [2.75, 3.05) is 13.2 Å². The first-order valence-electron chi connectivity index (χ1n) is 8.94. The van der Waals surface area contributed by atoms with Crippen molar-refractivity contribution in [1.29, 1.82) is 5.26 Å². The largest absolute Gasteiger partial charge is 0.483 e. The molecule has 0 aliphatic rings. The number of carbonyl (C=O) groups excluding carboxylic acids is 2. The van der Waals surface area contributed by atoms with Crippen LogP contribution in [0.15, 0.2) is 36.4 Å². The molecule has 0 fully saturated rings. The summed E-state index contributed by atoms with van der Waals surface area (Å²) >= 11 is 6.16. The van der Waals surface area contributed by atoms with Crippen LogP contribution < -0.4 is 20.3 Å². The predicted octanol–water partition coefficient (Wildman–Crippen LogP) is 3.25. The van der Waals surface area contributed by atoms with Crippen LogP contribution in [-0.2, 0) is 9.59 Å². The molecule has 0 saturated heterocycles. The topological polar surface area (TPSA) is 100 Å². The fourth-order valence-electron chi connectivity index (χ4n) is 2.43. The molecule has 0 heterocycles. The summed E-state index contributed by atoms with van der Waals surface area (Å²) in [5, 5.41) is 9.62. The Labute approximate surface area is 174 Å². The van der Waals surface area contributed by atoms with E-state index in [-0.39, 0.29) is 19.1 Å². The summed E-state index contributed by atoms with van der Waals surface area (Å²) in [4.78, 5) is 23.8. The number of nitriles is 1. The number of hydrazine groups is 1. The SMILES string of the molecule is Cc1cc(OCC(=O)NNC(=O)COc2ccccc2C#N)c(C(C)C)cc1Cl. The van der Waals surface area contributed by atoms with Gasteiger partial charge in [-0.15, -0.1) is 0 Å². The standard InChI is InChI=1S/C21H22ClN3O4/c1-13(2)16-9-17(22)14(3)8-19(16)29-12-21(27)25-24-20(26)11-28-18-7-5-4-6-15(18)10-23/h4-9,13H,11-12H2,1-3H3,(H,24,26)(H,25,27). The molecule has 2 aromatic rings. The van der Waals surface area contributed by atoms with E-state index in [0.717, 1.165) is 11.1 Å². The summed E-state index contributed by atoms with van der Waals surface area (Å²) in [6, 6.07) is 12.1. The number of hydrogen-bond donors (Lipinski definition) is 2. The van der Waals surface area contributed by atoms with Gasteiger partial charge in [0, 0.05) is 5.02 Å². The first-order valence-corrected chi connectivity index (χ1v) is 9.32. The lowest BCUT2D eigenvalue weighted by molar-refractivity contribution is -0.131. The van der Waals surface area contributed by atoms with Crippen LogP contribution in [0.25, 0.3) is 0 Å². The second-order valence-corrected chi connectivity index (χ2v) is 6.98. The molecule has 0 aliphatic heterocycles. The smallest absolute Gasteiger partial charge is 0.276 e. The Balaban J connectivity index is 1.82. The van der Waals surface area contributed by atoms with Gasteiger partial charge in [-0.25, -0.2) is 0 Å². The van der Waals surface area contributed by atoms with Crippen LogP contribution in [0.2, 0.25) is 5.02 Å². The molecule has 0 radical (unpaired) electrons. The normalized spacial score (nSPS) is 10.2. The van der Waals surface area contributed by atoms with Crippen LogP contribution in [0.5, 0.6) is 11.5 Å². The summed E-state index contributed by atoms with van der Waals surface area (Å²) in [6.07, 6.45) is 0. The Morgan fingerprint density at radius 3 is 2.24 bits per heavy atom. The fraction of sp³-hybridized carbons (Fsp3) is 0.286. The maximum absolute atomic E-state index is 12.0. The monoisotopic (exact) mass is 415 g/mol. The number of rotatable bonds is 7. The molecule has 152 valence electrons. The molecule has 0 bridgehead atoms. The molecule has 29 heavy (non-hydrogen) atoms. The van der Waals surface area contributed by atoms with Gasteiger partial charge in [0.2, 0.25) is 0 Å². The lowest BCUT2D eigenvalue weighted by Crippen LogP contribution is -2.45. The van der Waals surface area contributed by atoms with Gasteiger partial charge in [0.15, 0.2) is 13.2 Å². The molecule has 7 nitrogen and oxygen atoms in total. The number of carbonyl (C=O) groups is 2. The molecular formula is C21H22ClN3O4. The highest BCUT2D eigenvalue weighted by Crippen LogP contribution is 2.31. The van der Waals surface area contributed by atoms with Crippen molar-refractivity contribution in [3.05, 3.63) is 58.1 Å². The highest BCUT2D eigenvalue weighted by molar-refractivity contribution is 6.31. The molecule has 8 heteroatoms.